The van der Waals surface area contributed by atoms with Crippen molar-refractivity contribution in [3.05, 3.63) is 89.5 Å². The predicted molar refractivity (Wildman–Crippen MR) is 167 cm³/mol. The van der Waals surface area contributed by atoms with Crippen molar-refractivity contribution in [1.82, 2.24) is 5.32 Å². The monoisotopic (exact) mass is 729 g/mol. The number of carboxylic acid groups (broad SMARTS) is 1. The van der Waals surface area contributed by atoms with Gasteiger partial charge < -0.3 is 25.6 Å². The molecule has 1 aliphatic carbocycles. The summed E-state index contributed by atoms with van der Waals surface area (Å²) in [5.74, 6) is -3.90. The summed E-state index contributed by atoms with van der Waals surface area (Å²) < 4.78 is 107. The number of anilines is 2. The molecule has 50 heavy (non-hydrogen) atoms. The summed E-state index contributed by atoms with van der Waals surface area (Å²) in [4.78, 5) is 36.1. The summed E-state index contributed by atoms with van der Waals surface area (Å²) in [5, 5.41) is 22.6. The molecule has 11 nitrogen and oxygen atoms in total. The van der Waals surface area contributed by atoms with Gasteiger partial charge in [0.15, 0.2) is 6.10 Å². The maximum Gasteiger partial charge on any atom is 0.573 e. The summed E-state index contributed by atoms with van der Waals surface area (Å²) in [6.07, 6.45) is -1.47. The number of hydrogen-bond acceptors (Lipinski definition) is 7. The number of rotatable bonds is 11. The van der Waals surface area contributed by atoms with Gasteiger partial charge in [0, 0.05) is 16.9 Å². The minimum absolute atomic E-state index is 0.0759. The number of carbonyl (C=O) groups is 3. The lowest BCUT2D eigenvalue weighted by Gasteiger charge is -2.25. The number of allylic oxidation sites excluding steroid dienone is 2. The molecule has 3 aromatic rings. The zero-order valence-corrected chi connectivity index (χ0v) is 26.5. The number of hydrogen-bond donors (Lipinski definition) is 4. The van der Waals surface area contributed by atoms with E-state index in [1.807, 2.05) is 0 Å². The van der Waals surface area contributed by atoms with Crippen LogP contribution < -0.4 is 20.3 Å². The van der Waals surface area contributed by atoms with Crippen molar-refractivity contribution in [3.63, 3.8) is 0 Å². The molecule has 0 fully saturated rings. The SMILES string of the molecule is O=C(NC[C@@H](O)C(=O)O)c1ccc(CN(C(=O)Nc2ccc(OC(F)(F)F)c(S(=O)(=O)C(F)(F)F)c2)c2ccc(C3=CCCCC3)cc2)cc1. The number of carbonyl (C=O) groups excluding carboxylic acids is 2. The predicted octanol–water partition coefficient (Wildman–Crippen LogP) is 6.25. The molecule has 268 valence electrons. The zero-order valence-electron chi connectivity index (χ0n) is 25.7. The molecular formula is C32H29F6N3O8S. The number of alkyl halides is 6. The Bertz CT molecular complexity index is 1860. The first-order valence-electron chi connectivity index (χ1n) is 14.7. The highest BCUT2D eigenvalue weighted by molar-refractivity contribution is 7.92. The van der Waals surface area contributed by atoms with Gasteiger partial charge in [0.2, 0.25) is 0 Å². The average Bonchev–Trinajstić information content (AvgIpc) is 3.06. The average molecular weight is 730 g/mol. The third-order valence-corrected chi connectivity index (χ3v) is 8.91. The fourth-order valence-electron chi connectivity index (χ4n) is 4.88. The zero-order chi connectivity index (χ0) is 36.9. The molecule has 0 spiro atoms. The molecule has 0 heterocycles. The van der Waals surface area contributed by atoms with Gasteiger partial charge in [0.25, 0.3) is 15.7 Å². The molecule has 18 heteroatoms. The van der Waals surface area contributed by atoms with Gasteiger partial charge in [-0.15, -0.1) is 13.2 Å². The van der Waals surface area contributed by atoms with Crippen LogP contribution in [0, 0.1) is 0 Å². The van der Waals surface area contributed by atoms with Crippen molar-refractivity contribution < 1.29 is 64.1 Å². The van der Waals surface area contributed by atoms with Crippen LogP contribution in [0.3, 0.4) is 0 Å². The van der Waals surface area contributed by atoms with E-state index in [9.17, 15) is 54.3 Å². The van der Waals surface area contributed by atoms with Crippen LogP contribution in [-0.4, -0.2) is 61.1 Å². The first kappa shape index (κ1) is 37.7. The Morgan fingerprint density at radius 3 is 2.14 bits per heavy atom. The Kier molecular flexibility index (Phi) is 11.5. The second kappa shape index (κ2) is 15.2. The van der Waals surface area contributed by atoms with E-state index in [-0.39, 0.29) is 23.9 Å². The Hall–Kier alpha value is -5.10. The van der Waals surface area contributed by atoms with E-state index in [4.69, 9.17) is 5.11 Å². The normalized spacial score (nSPS) is 14.3. The summed E-state index contributed by atoms with van der Waals surface area (Å²) in [7, 11) is -6.37. The molecule has 1 aliphatic rings. The maximum atomic E-state index is 13.6. The Morgan fingerprint density at radius 2 is 1.58 bits per heavy atom. The number of aliphatic hydroxyl groups excluding tert-OH is 1. The van der Waals surface area contributed by atoms with Crippen LogP contribution >= 0.6 is 0 Å². The van der Waals surface area contributed by atoms with Crippen molar-refractivity contribution in [2.24, 2.45) is 0 Å². The van der Waals surface area contributed by atoms with Gasteiger partial charge in [-0.2, -0.15) is 13.2 Å². The molecule has 3 aromatic carbocycles. The van der Waals surface area contributed by atoms with Crippen molar-refractivity contribution in [2.75, 3.05) is 16.8 Å². The number of carboxylic acids is 1. The number of urea groups is 1. The first-order valence-corrected chi connectivity index (χ1v) is 16.2. The minimum atomic E-state index is -6.37. The molecule has 0 bridgehead atoms. The van der Waals surface area contributed by atoms with E-state index >= 15 is 0 Å². The fourth-order valence-corrected chi connectivity index (χ4v) is 5.79. The smallest absolute Gasteiger partial charge is 0.479 e. The van der Waals surface area contributed by atoms with E-state index in [1.54, 1.807) is 24.3 Å². The number of sulfone groups is 1. The third-order valence-electron chi connectivity index (χ3n) is 7.40. The van der Waals surface area contributed by atoms with Crippen molar-refractivity contribution >= 4 is 44.7 Å². The molecule has 0 saturated carbocycles. The highest BCUT2D eigenvalue weighted by Gasteiger charge is 2.49. The van der Waals surface area contributed by atoms with Gasteiger partial charge in [-0.1, -0.05) is 30.3 Å². The molecule has 0 unspecified atom stereocenters. The first-order chi connectivity index (χ1) is 23.4. The number of amides is 3. The van der Waals surface area contributed by atoms with Crippen LogP contribution in [0.2, 0.25) is 0 Å². The van der Waals surface area contributed by atoms with E-state index < -0.39 is 68.6 Å². The van der Waals surface area contributed by atoms with Gasteiger partial charge in [0.05, 0.1) is 13.1 Å². The molecule has 0 saturated heterocycles. The van der Waals surface area contributed by atoms with Crippen LogP contribution in [0.1, 0.15) is 47.2 Å². The second-order valence-electron chi connectivity index (χ2n) is 11.0. The quantitative estimate of drug-likeness (QED) is 0.169. The van der Waals surface area contributed by atoms with Crippen molar-refractivity contribution in [2.45, 2.75) is 55.1 Å². The van der Waals surface area contributed by atoms with Crippen molar-refractivity contribution in [3.8, 4) is 5.75 Å². The van der Waals surface area contributed by atoms with Gasteiger partial charge in [-0.3, -0.25) is 9.69 Å². The number of aliphatic hydroxyl groups is 1. The van der Waals surface area contributed by atoms with Gasteiger partial charge in [0.1, 0.15) is 10.6 Å². The van der Waals surface area contributed by atoms with Gasteiger partial charge in [-0.05, 0) is 84.8 Å². The topological polar surface area (TPSA) is 162 Å². The summed E-state index contributed by atoms with van der Waals surface area (Å²) in [6.45, 7) is -0.789. The number of halogens is 6. The lowest BCUT2D eigenvalue weighted by atomic mass is 9.93. The van der Waals surface area contributed by atoms with Crippen LogP contribution in [-0.2, 0) is 21.2 Å². The Labute approximate surface area is 281 Å². The lowest BCUT2D eigenvalue weighted by molar-refractivity contribution is -0.275. The van der Waals surface area contributed by atoms with Crippen LogP contribution in [0.4, 0.5) is 42.5 Å². The molecular weight excluding hydrogens is 700 g/mol. The molecule has 0 radical (unpaired) electrons. The lowest BCUT2D eigenvalue weighted by Crippen LogP contribution is -2.36. The largest absolute Gasteiger partial charge is 0.573 e. The van der Waals surface area contributed by atoms with Crippen molar-refractivity contribution in [1.29, 1.82) is 0 Å². The Balaban J connectivity index is 1.65. The second-order valence-corrected chi connectivity index (χ2v) is 12.9. The molecule has 1 atom stereocenters. The van der Waals surface area contributed by atoms with Gasteiger partial charge in [-0.25, -0.2) is 18.0 Å². The highest BCUT2D eigenvalue weighted by atomic mass is 32.2. The standard InChI is InChI=1S/C32H29F6N3O8S/c33-31(34,35)49-26-15-12-23(16-27(26)50(47,48)32(36,37)38)40-30(46)41(24-13-10-21(11-14-24)20-4-2-1-3-5-20)18-19-6-8-22(9-7-19)28(43)39-17-25(42)29(44)45/h4,6-16,25,42H,1-3,5,17-18H2,(H,39,43)(H,40,46)(H,44,45)/t25-/m1/s1. The molecule has 3 amide bonds. The van der Waals surface area contributed by atoms with Crippen LogP contribution in [0.25, 0.3) is 5.57 Å². The molecule has 0 aliphatic heterocycles. The highest BCUT2D eigenvalue weighted by Crippen LogP contribution is 2.39. The number of benzene rings is 3. The number of ether oxygens (including phenoxy) is 1. The summed E-state index contributed by atoms with van der Waals surface area (Å²) in [6, 6.07) is 12.5. The Morgan fingerprint density at radius 1 is 0.920 bits per heavy atom. The molecule has 4 N–H and O–H groups in total. The summed E-state index contributed by atoms with van der Waals surface area (Å²) >= 11 is 0. The number of aliphatic carboxylic acids is 1. The number of nitrogens with one attached hydrogen (secondary N) is 2. The summed E-state index contributed by atoms with van der Waals surface area (Å²) in [5.41, 5.74) is -3.85. The van der Waals surface area contributed by atoms with E-state index in [1.165, 1.54) is 24.3 Å². The van der Waals surface area contributed by atoms with E-state index in [2.05, 4.69) is 21.4 Å². The molecule has 4 rings (SSSR count). The van der Waals surface area contributed by atoms with Crippen LogP contribution in [0.15, 0.2) is 77.7 Å². The van der Waals surface area contributed by atoms with Crippen LogP contribution in [0.5, 0.6) is 5.75 Å². The molecule has 0 aromatic heterocycles. The van der Waals surface area contributed by atoms with E-state index in [0.717, 1.165) is 47.8 Å². The third kappa shape index (κ3) is 9.53. The maximum absolute atomic E-state index is 13.6. The van der Waals surface area contributed by atoms with E-state index in [0.29, 0.717) is 11.6 Å². The minimum Gasteiger partial charge on any atom is -0.479 e. The fraction of sp³-hybridized carbons (Fsp3) is 0.281. The van der Waals surface area contributed by atoms with Gasteiger partial charge >= 0.3 is 23.9 Å². The number of nitrogens with zero attached hydrogens (tertiary/aromatic N) is 1.